The molecule has 2 aromatic heterocycles. The molecule has 1 aliphatic rings. The summed E-state index contributed by atoms with van der Waals surface area (Å²) in [5.74, 6) is 0.209. The molecule has 1 aliphatic carbocycles. The molecule has 0 radical (unpaired) electrons. The molecular weight excluding hydrogens is 380 g/mol. The number of halogens is 1. The summed E-state index contributed by atoms with van der Waals surface area (Å²) >= 11 is 7.01. The number of hydrogen-bond acceptors (Lipinski definition) is 9. The van der Waals surface area contributed by atoms with Crippen LogP contribution in [-0.4, -0.2) is 41.1 Å². The molecule has 0 spiro atoms. The third-order valence-corrected chi connectivity index (χ3v) is 4.63. The van der Waals surface area contributed by atoms with Crippen LogP contribution in [0.25, 0.3) is 5.69 Å². The predicted octanol–water partition coefficient (Wildman–Crippen LogP) is 2.74. The van der Waals surface area contributed by atoms with Crippen molar-refractivity contribution in [3.8, 4) is 5.69 Å². The molecule has 10 nitrogen and oxygen atoms in total. The Morgan fingerprint density at radius 3 is 2.77 bits per heavy atom. The molecule has 3 aromatic rings. The van der Waals surface area contributed by atoms with Gasteiger partial charge in [0.1, 0.15) is 6.20 Å². The smallest absolute Gasteiger partial charge is 0.329 e. The van der Waals surface area contributed by atoms with E-state index in [9.17, 15) is 10.1 Å². The Morgan fingerprint density at radius 2 is 2.08 bits per heavy atom. The monoisotopic (exact) mass is 390 g/mol. The molecule has 0 bridgehead atoms. The average Bonchev–Trinajstić information content (AvgIpc) is 3.32. The maximum atomic E-state index is 11.2. The highest BCUT2D eigenvalue weighted by molar-refractivity contribution is 7.99. The first-order valence-corrected chi connectivity index (χ1v) is 8.80. The molecule has 0 atom stereocenters. The Labute approximate surface area is 156 Å². The molecule has 26 heavy (non-hydrogen) atoms. The van der Waals surface area contributed by atoms with Crippen LogP contribution in [0.3, 0.4) is 0 Å². The summed E-state index contributed by atoms with van der Waals surface area (Å²) in [6.45, 7) is 0. The van der Waals surface area contributed by atoms with Crippen molar-refractivity contribution < 1.29 is 4.92 Å². The number of rotatable bonds is 6. The summed E-state index contributed by atoms with van der Waals surface area (Å²) in [5, 5.41) is 27.1. The molecular formula is C14H11ClN8O2S. The second kappa shape index (κ2) is 6.84. The Hall–Kier alpha value is -2.79. The van der Waals surface area contributed by atoms with Gasteiger partial charge in [0.2, 0.25) is 11.0 Å². The van der Waals surface area contributed by atoms with Crippen molar-refractivity contribution in [3.63, 3.8) is 0 Å². The fourth-order valence-corrected chi connectivity index (χ4v) is 2.98. The summed E-state index contributed by atoms with van der Waals surface area (Å²) < 4.78 is 1.51. The molecule has 132 valence electrons. The minimum Gasteiger partial charge on any atom is -0.361 e. The van der Waals surface area contributed by atoms with Crippen LogP contribution in [0.5, 0.6) is 0 Å². The lowest BCUT2D eigenvalue weighted by Crippen LogP contribution is -2.08. The van der Waals surface area contributed by atoms with Gasteiger partial charge in [-0.3, -0.25) is 10.1 Å². The van der Waals surface area contributed by atoms with E-state index in [-0.39, 0.29) is 17.5 Å². The molecule has 1 saturated carbocycles. The Kier molecular flexibility index (Phi) is 4.39. The number of nitro groups is 1. The van der Waals surface area contributed by atoms with Crippen molar-refractivity contribution in [1.82, 2.24) is 30.2 Å². The van der Waals surface area contributed by atoms with Crippen LogP contribution >= 0.6 is 23.4 Å². The van der Waals surface area contributed by atoms with Crippen molar-refractivity contribution in [2.75, 3.05) is 5.32 Å². The Morgan fingerprint density at radius 1 is 1.31 bits per heavy atom. The zero-order chi connectivity index (χ0) is 18.1. The van der Waals surface area contributed by atoms with Gasteiger partial charge in [0.25, 0.3) is 0 Å². The van der Waals surface area contributed by atoms with Crippen LogP contribution in [-0.2, 0) is 0 Å². The Bertz CT molecular complexity index is 960. The molecule has 0 saturated heterocycles. The topological polar surface area (TPSA) is 125 Å². The first-order chi connectivity index (χ1) is 12.6. The first-order valence-electron chi connectivity index (χ1n) is 7.60. The summed E-state index contributed by atoms with van der Waals surface area (Å²) in [6.07, 6.45) is 3.13. The van der Waals surface area contributed by atoms with Gasteiger partial charge < -0.3 is 5.32 Å². The van der Waals surface area contributed by atoms with E-state index in [0.717, 1.165) is 30.3 Å². The van der Waals surface area contributed by atoms with E-state index in [0.29, 0.717) is 15.3 Å². The van der Waals surface area contributed by atoms with Crippen LogP contribution in [0.2, 0.25) is 5.02 Å². The van der Waals surface area contributed by atoms with Crippen molar-refractivity contribution >= 4 is 34.9 Å². The lowest BCUT2D eigenvalue weighted by Gasteiger charge is -2.06. The number of nitrogens with zero attached hydrogens (tertiary/aromatic N) is 7. The van der Waals surface area contributed by atoms with E-state index in [2.05, 4.69) is 30.8 Å². The number of anilines is 1. The lowest BCUT2D eigenvalue weighted by atomic mass is 10.3. The highest BCUT2D eigenvalue weighted by Gasteiger charge is 2.27. The van der Waals surface area contributed by atoms with Gasteiger partial charge in [-0.05, 0) is 59.3 Å². The molecule has 0 amide bonds. The second-order valence-electron chi connectivity index (χ2n) is 5.51. The SMILES string of the molecule is O=[N+]([O-])c1cnc(Sc2nnnn2-c2ccc(Cl)cc2)nc1NC1CC1. The minimum atomic E-state index is -0.503. The summed E-state index contributed by atoms with van der Waals surface area (Å²) in [6, 6.07) is 7.24. The zero-order valence-electron chi connectivity index (χ0n) is 13.1. The van der Waals surface area contributed by atoms with Crippen LogP contribution in [0.1, 0.15) is 12.8 Å². The fraction of sp³-hybridized carbons (Fsp3) is 0.214. The zero-order valence-corrected chi connectivity index (χ0v) is 14.7. The maximum absolute atomic E-state index is 11.2. The normalized spacial score (nSPS) is 13.6. The quantitative estimate of drug-likeness (QED) is 0.384. The van der Waals surface area contributed by atoms with Crippen molar-refractivity contribution in [3.05, 3.63) is 45.6 Å². The number of benzene rings is 1. The Balaban J connectivity index is 1.62. The number of aromatic nitrogens is 6. The summed E-state index contributed by atoms with van der Waals surface area (Å²) in [5.41, 5.74) is 0.568. The van der Waals surface area contributed by atoms with Crippen LogP contribution in [0, 0.1) is 10.1 Å². The van der Waals surface area contributed by atoms with Gasteiger partial charge in [-0.1, -0.05) is 11.6 Å². The van der Waals surface area contributed by atoms with E-state index >= 15 is 0 Å². The van der Waals surface area contributed by atoms with Gasteiger partial charge in [0.05, 0.1) is 10.6 Å². The van der Waals surface area contributed by atoms with Crippen LogP contribution in [0.4, 0.5) is 11.5 Å². The van der Waals surface area contributed by atoms with Crippen molar-refractivity contribution in [2.24, 2.45) is 0 Å². The average molecular weight is 391 g/mol. The number of tetrazole rings is 1. The van der Waals surface area contributed by atoms with E-state index in [1.54, 1.807) is 24.3 Å². The maximum Gasteiger partial charge on any atom is 0.329 e. The summed E-state index contributed by atoms with van der Waals surface area (Å²) in [7, 11) is 0. The first kappa shape index (κ1) is 16.7. The van der Waals surface area contributed by atoms with Gasteiger partial charge in [-0.25, -0.2) is 4.98 Å². The lowest BCUT2D eigenvalue weighted by molar-refractivity contribution is -0.384. The highest BCUT2D eigenvalue weighted by Crippen LogP contribution is 2.32. The van der Waals surface area contributed by atoms with Crippen molar-refractivity contribution in [1.29, 1.82) is 0 Å². The van der Waals surface area contributed by atoms with Crippen LogP contribution in [0.15, 0.2) is 40.8 Å². The van der Waals surface area contributed by atoms with Gasteiger partial charge in [-0.2, -0.15) is 9.67 Å². The minimum absolute atomic E-state index is 0.154. The van der Waals surface area contributed by atoms with Gasteiger partial charge >= 0.3 is 5.69 Å². The van der Waals surface area contributed by atoms with Gasteiger partial charge in [-0.15, -0.1) is 5.10 Å². The third kappa shape index (κ3) is 3.58. The molecule has 4 rings (SSSR count). The van der Waals surface area contributed by atoms with E-state index in [4.69, 9.17) is 11.6 Å². The molecule has 0 aliphatic heterocycles. The van der Waals surface area contributed by atoms with E-state index in [1.807, 2.05) is 0 Å². The molecule has 1 fully saturated rings. The predicted molar refractivity (Wildman–Crippen MR) is 93.6 cm³/mol. The molecule has 1 N–H and O–H groups in total. The molecule has 1 aromatic carbocycles. The molecule has 0 unspecified atom stereocenters. The molecule has 12 heteroatoms. The molecule has 2 heterocycles. The van der Waals surface area contributed by atoms with Gasteiger partial charge in [0, 0.05) is 11.1 Å². The van der Waals surface area contributed by atoms with E-state index < -0.39 is 4.92 Å². The highest BCUT2D eigenvalue weighted by atomic mass is 35.5. The van der Waals surface area contributed by atoms with Crippen LogP contribution < -0.4 is 5.32 Å². The summed E-state index contributed by atoms with van der Waals surface area (Å²) in [4.78, 5) is 19.0. The second-order valence-corrected chi connectivity index (χ2v) is 6.88. The van der Waals surface area contributed by atoms with Crippen molar-refractivity contribution in [2.45, 2.75) is 29.2 Å². The number of nitrogens with one attached hydrogen (secondary N) is 1. The largest absolute Gasteiger partial charge is 0.361 e. The third-order valence-electron chi connectivity index (χ3n) is 3.56. The standard InChI is InChI=1S/C14H11ClN8O2S/c15-8-1-5-10(6-2-8)22-14(19-20-21-22)26-13-16-7-11(23(24)25)12(18-13)17-9-3-4-9/h1-2,5-7,9H,3-4H2,(H,16,17,18). The van der Waals surface area contributed by atoms with Gasteiger partial charge in [0.15, 0.2) is 5.16 Å². The number of hydrogen-bond donors (Lipinski definition) is 1. The fourth-order valence-electron chi connectivity index (χ4n) is 2.14. The van der Waals surface area contributed by atoms with E-state index in [1.165, 1.54) is 10.9 Å².